The van der Waals surface area contributed by atoms with Crippen molar-refractivity contribution >= 4 is 5.57 Å². The molecule has 0 saturated heterocycles. The Labute approximate surface area is 92.6 Å². The van der Waals surface area contributed by atoms with Gasteiger partial charge in [0.25, 0.3) is 0 Å². The Morgan fingerprint density at radius 1 is 1.20 bits per heavy atom. The fraction of sp³-hybridized carbons (Fsp3) is 0.200. The second-order valence-corrected chi connectivity index (χ2v) is 3.61. The van der Waals surface area contributed by atoms with Crippen LogP contribution < -0.4 is 0 Å². The largest absolute Gasteiger partial charge is 0.0961 e. The van der Waals surface area contributed by atoms with Crippen LogP contribution in [0, 0.1) is 0 Å². The van der Waals surface area contributed by atoms with Gasteiger partial charge in [-0.25, -0.2) is 0 Å². The molecule has 0 N–H and O–H groups in total. The molecule has 0 bridgehead atoms. The van der Waals surface area contributed by atoms with Crippen molar-refractivity contribution in [2.45, 2.75) is 20.3 Å². The summed E-state index contributed by atoms with van der Waals surface area (Å²) < 4.78 is 0. The van der Waals surface area contributed by atoms with Crippen LogP contribution in [0.3, 0.4) is 0 Å². The summed E-state index contributed by atoms with van der Waals surface area (Å²) in [5.74, 6) is 0. The summed E-state index contributed by atoms with van der Waals surface area (Å²) in [5.41, 5.74) is 3.60. The summed E-state index contributed by atoms with van der Waals surface area (Å²) >= 11 is 0. The highest BCUT2D eigenvalue weighted by atomic mass is 14.0. The minimum Gasteiger partial charge on any atom is -0.0961 e. The van der Waals surface area contributed by atoms with Crippen molar-refractivity contribution in [1.82, 2.24) is 0 Å². The molecule has 0 radical (unpaired) electrons. The molecule has 0 aliphatic heterocycles. The van der Waals surface area contributed by atoms with Crippen molar-refractivity contribution in [3.05, 3.63) is 66.3 Å². The molecule has 1 rings (SSSR count). The van der Waals surface area contributed by atoms with E-state index in [0.717, 1.165) is 12.0 Å². The van der Waals surface area contributed by atoms with Crippen LogP contribution >= 0.6 is 0 Å². The highest BCUT2D eigenvalue weighted by molar-refractivity contribution is 5.74. The summed E-state index contributed by atoms with van der Waals surface area (Å²) in [5, 5.41) is 0. The molecule has 1 aromatic carbocycles. The minimum atomic E-state index is 1.05. The van der Waals surface area contributed by atoms with Crippen LogP contribution in [0.1, 0.15) is 25.8 Å². The van der Waals surface area contributed by atoms with Crippen molar-refractivity contribution in [1.29, 1.82) is 0 Å². The standard InChI is InChI=1S/C15H18/c1-4-8-14(12-11-13(2)3)15-9-6-5-7-10-15/h5-12H,2,4H2,1,3H3/b12-11-,14-8+. The Bertz CT molecular complexity index is 366. The van der Waals surface area contributed by atoms with Gasteiger partial charge in [-0.05, 0) is 24.5 Å². The van der Waals surface area contributed by atoms with Gasteiger partial charge >= 0.3 is 0 Å². The second kappa shape index (κ2) is 6.02. The van der Waals surface area contributed by atoms with Crippen LogP contribution in [-0.4, -0.2) is 0 Å². The van der Waals surface area contributed by atoms with Crippen LogP contribution in [0.15, 0.2) is 60.7 Å². The first-order valence-electron chi connectivity index (χ1n) is 5.33. The van der Waals surface area contributed by atoms with Crippen LogP contribution in [0.25, 0.3) is 5.57 Å². The smallest absolute Gasteiger partial charge is 0.0187 e. The molecule has 15 heavy (non-hydrogen) atoms. The normalized spacial score (nSPS) is 12.0. The van der Waals surface area contributed by atoms with E-state index in [1.165, 1.54) is 11.1 Å². The zero-order chi connectivity index (χ0) is 11.1. The van der Waals surface area contributed by atoms with Crippen LogP contribution in [0.4, 0.5) is 0 Å². The van der Waals surface area contributed by atoms with E-state index in [-0.39, 0.29) is 0 Å². The molecule has 0 heterocycles. The van der Waals surface area contributed by atoms with Gasteiger partial charge in [0, 0.05) is 0 Å². The first-order chi connectivity index (χ1) is 7.24. The Kier molecular flexibility index (Phi) is 4.62. The predicted molar refractivity (Wildman–Crippen MR) is 68.7 cm³/mol. The second-order valence-electron chi connectivity index (χ2n) is 3.61. The third kappa shape index (κ3) is 3.99. The summed E-state index contributed by atoms with van der Waals surface area (Å²) in [7, 11) is 0. The first-order valence-corrected chi connectivity index (χ1v) is 5.33. The quantitative estimate of drug-likeness (QED) is 0.620. The third-order valence-corrected chi connectivity index (χ3v) is 2.08. The summed E-state index contributed by atoms with van der Waals surface area (Å²) in [4.78, 5) is 0. The lowest BCUT2D eigenvalue weighted by Gasteiger charge is -2.01. The van der Waals surface area contributed by atoms with Gasteiger partial charge in [0.2, 0.25) is 0 Å². The van der Waals surface area contributed by atoms with Gasteiger partial charge in [0.15, 0.2) is 0 Å². The first kappa shape index (κ1) is 11.5. The Morgan fingerprint density at radius 3 is 2.40 bits per heavy atom. The molecule has 0 amide bonds. The van der Waals surface area contributed by atoms with Gasteiger partial charge in [-0.1, -0.05) is 67.6 Å². The number of hydrogen-bond donors (Lipinski definition) is 0. The monoisotopic (exact) mass is 198 g/mol. The Hall–Kier alpha value is -1.56. The minimum absolute atomic E-state index is 1.05. The van der Waals surface area contributed by atoms with Crippen LogP contribution in [0.5, 0.6) is 0 Å². The van der Waals surface area contributed by atoms with Crippen LogP contribution in [-0.2, 0) is 0 Å². The molecule has 0 aromatic heterocycles. The summed E-state index contributed by atoms with van der Waals surface area (Å²) in [6.07, 6.45) is 7.45. The molecule has 0 heteroatoms. The van der Waals surface area contributed by atoms with E-state index in [1.54, 1.807) is 0 Å². The van der Waals surface area contributed by atoms with E-state index in [4.69, 9.17) is 0 Å². The molecule has 0 unspecified atom stereocenters. The van der Waals surface area contributed by atoms with E-state index in [1.807, 2.05) is 13.0 Å². The SMILES string of the molecule is C=C(C)/C=C\C(=C/CC)c1ccccc1. The highest BCUT2D eigenvalue weighted by Crippen LogP contribution is 2.16. The van der Waals surface area contributed by atoms with Gasteiger partial charge in [0.05, 0.1) is 0 Å². The molecule has 78 valence electrons. The maximum absolute atomic E-state index is 3.87. The van der Waals surface area contributed by atoms with Crippen molar-refractivity contribution in [2.75, 3.05) is 0 Å². The van der Waals surface area contributed by atoms with E-state index in [2.05, 4.69) is 56.0 Å². The van der Waals surface area contributed by atoms with E-state index in [0.29, 0.717) is 0 Å². The fourth-order valence-electron chi connectivity index (χ4n) is 1.36. The van der Waals surface area contributed by atoms with Gasteiger partial charge in [-0.3, -0.25) is 0 Å². The number of benzene rings is 1. The van der Waals surface area contributed by atoms with Crippen molar-refractivity contribution < 1.29 is 0 Å². The molecule has 0 fully saturated rings. The summed E-state index contributed by atoms with van der Waals surface area (Å²) in [6.45, 7) is 8.02. The van der Waals surface area contributed by atoms with Crippen molar-refractivity contribution in [2.24, 2.45) is 0 Å². The molecular formula is C15H18. The third-order valence-electron chi connectivity index (χ3n) is 2.08. The lowest BCUT2D eigenvalue weighted by atomic mass is 10.0. The average Bonchev–Trinajstić information content (AvgIpc) is 2.25. The predicted octanol–water partition coefficient (Wildman–Crippen LogP) is 4.61. The van der Waals surface area contributed by atoms with E-state index >= 15 is 0 Å². The lowest BCUT2D eigenvalue weighted by Crippen LogP contribution is -1.80. The van der Waals surface area contributed by atoms with Gasteiger partial charge in [0.1, 0.15) is 0 Å². The molecule has 0 atom stereocenters. The molecule has 0 nitrogen and oxygen atoms in total. The number of allylic oxidation sites excluding steroid dienone is 5. The van der Waals surface area contributed by atoms with Gasteiger partial charge < -0.3 is 0 Å². The zero-order valence-electron chi connectivity index (χ0n) is 9.53. The van der Waals surface area contributed by atoms with Crippen molar-refractivity contribution in [3.8, 4) is 0 Å². The van der Waals surface area contributed by atoms with E-state index in [9.17, 15) is 0 Å². The maximum Gasteiger partial charge on any atom is -0.0187 e. The molecule has 0 spiro atoms. The molecule has 0 saturated carbocycles. The lowest BCUT2D eigenvalue weighted by molar-refractivity contribution is 1.23. The summed E-state index contributed by atoms with van der Waals surface area (Å²) in [6, 6.07) is 10.4. The van der Waals surface area contributed by atoms with E-state index < -0.39 is 0 Å². The maximum atomic E-state index is 3.87. The molecule has 0 aliphatic carbocycles. The molecular weight excluding hydrogens is 180 g/mol. The fourth-order valence-corrected chi connectivity index (χ4v) is 1.36. The average molecular weight is 198 g/mol. The number of rotatable bonds is 4. The number of hydrogen-bond acceptors (Lipinski definition) is 0. The zero-order valence-corrected chi connectivity index (χ0v) is 9.53. The molecule has 0 aliphatic rings. The van der Waals surface area contributed by atoms with Crippen LogP contribution in [0.2, 0.25) is 0 Å². The van der Waals surface area contributed by atoms with Gasteiger partial charge in [-0.2, -0.15) is 0 Å². The van der Waals surface area contributed by atoms with Crippen molar-refractivity contribution in [3.63, 3.8) is 0 Å². The highest BCUT2D eigenvalue weighted by Gasteiger charge is 1.94. The Balaban J connectivity index is 2.95. The Morgan fingerprint density at radius 2 is 1.87 bits per heavy atom. The van der Waals surface area contributed by atoms with Gasteiger partial charge in [-0.15, -0.1) is 0 Å². The topological polar surface area (TPSA) is 0 Å². The molecule has 1 aromatic rings.